The number of nitrogens with one attached hydrogen (secondary N) is 2. The average molecular weight is 583 g/mol. The Morgan fingerprint density at radius 2 is 1.88 bits per heavy atom. The van der Waals surface area contributed by atoms with Crippen LogP contribution in [0.1, 0.15) is 28.6 Å². The number of aliphatic carboxylic acids is 1. The second-order valence-corrected chi connectivity index (χ2v) is 9.06. The molecule has 41 heavy (non-hydrogen) atoms. The number of H-pyrrole nitrogens is 1. The van der Waals surface area contributed by atoms with Crippen molar-refractivity contribution in [2.75, 3.05) is 29.9 Å². The van der Waals surface area contributed by atoms with Gasteiger partial charge in [0.15, 0.2) is 0 Å². The molecule has 0 saturated carbocycles. The van der Waals surface area contributed by atoms with Crippen molar-refractivity contribution in [2.24, 2.45) is 0 Å². The number of aryl methyl sites for hydroxylation is 1. The summed E-state index contributed by atoms with van der Waals surface area (Å²) in [4.78, 5) is 25.5. The number of hydrogen-bond acceptors (Lipinski definition) is 7. The van der Waals surface area contributed by atoms with Gasteiger partial charge in [0, 0.05) is 25.7 Å². The van der Waals surface area contributed by atoms with Crippen molar-refractivity contribution in [3.8, 4) is 0 Å². The number of nitrogens with zero attached hydrogens (tertiary/aromatic N) is 4. The third-order valence-corrected chi connectivity index (χ3v) is 5.97. The van der Waals surface area contributed by atoms with E-state index in [1.54, 1.807) is 12.4 Å². The van der Waals surface area contributed by atoms with E-state index in [9.17, 15) is 26.3 Å². The molecule has 218 valence electrons. The minimum atomic E-state index is -5.08. The number of carboxylic acid groups (broad SMARTS) is 1. The molecule has 3 N–H and O–H groups in total. The predicted octanol–water partition coefficient (Wildman–Crippen LogP) is 5.50. The number of fused-ring (bicyclic) bond motifs is 1. The molecule has 1 aliphatic rings. The van der Waals surface area contributed by atoms with Crippen molar-refractivity contribution < 1.29 is 41.0 Å². The Balaban J connectivity index is 0.000000493. The summed E-state index contributed by atoms with van der Waals surface area (Å²) in [6, 6.07) is 15.1. The standard InChI is InChI=1S/C24H23F3N6O.C2HF3O2/c1-15-3-2-4-17(9-15)20-13-33(7-8-34-20)22-11-21(31-23(32-22)24(25,26)27)28-12-16-5-6-18-19(10-16)30-14-29-18;3-2(4,5)1(6)7/h2-6,9-11,14,20H,7-8,12-13H2,1H3,(H,29,30)(H,28,31,32);(H,6,7). The van der Waals surface area contributed by atoms with Gasteiger partial charge in [-0.25, -0.2) is 19.7 Å². The zero-order valence-corrected chi connectivity index (χ0v) is 21.4. The number of rotatable bonds is 5. The summed E-state index contributed by atoms with van der Waals surface area (Å²) in [5.74, 6) is -3.60. The van der Waals surface area contributed by atoms with E-state index >= 15 is 0 Å². The molecule has 15 heteroatoms. The van der Waals surface area contributed by atoms with Gasteiger partial charge in [-0.3, -0.25) is 0 Å². The smallest absolute Gasteiger partial charge is 0.475 e. The molecule has 1 atom stereocenters. The predicted molar refractivity (Wildman–Crippen MR) is 136 cm³/mol. The Bertz CT molecular complexity index is 1510. The number of anilines is 2. The molecule has 2 aromatic heterocycles. The Hall–Kier alpha value is -4.40. The number of halogens is 6. The van der Waals surface area contributed by atoms with Crippen molar-refractivity contribution in [3.63, 3.8) is 0 Å². The Morgan fingerprint density at radius 1 is 1.12 bits per heavy atom. The molecule has 1 unspecified atom stereocenters. The van der Waals surface area contributed by atoms with Crippen LogP contribution in [0.2, 0.25) is 0 Å². The summed E-state index contributed by atoms with van der Waals surface area (Å²) in [5.41, 5.74) is 4.65. The van der Waals surface area contributed by atoms with Crippen LogP contribution < -0.4 is 10.2 Å². The maximum Gasteiger partial charge on any atom is 0.490 e. The van der Waals surface area contributed by atoms with E-state index in [1.165, 1.54) is 0 Å². The van der Waals surface area contributed by atoms with Gasteiger partial charge in [-0.1, -0.05) is 35.9 Å². The molecule has 4 aromatic rings. The summed E-state index contributed by atoms with van der Waals surface area (Å²) in [5, 5.41) is 10.1. The van der Waals surface area contributed by atoms with E-state index in [-0.39, 0.29) is 17.7 Å². The second-order valence-electron chi connectivity index (χ2n) is 9.06. The Morgan fingerprint density at radius 3 is 2.56 bits per heavy atom. The molecule has 3 heterocycles. The lowest BCUT2D eigenvalue weighted by Crippen LogP contribution is -2.39. The highest BCUT2D eigenvalue weighted by atomic mass is 19.4. The summed E-state index contributed by atoms with van der Waals surface area (Å²) < 4.78 is 78.4. The van der Waals surface area contributed by atoms with Gasteiger partial charge in [0.1, 0.15) is 17.7 Å². The second kappa shape index (κ2) is 12.0. The van der Waals surface area contributed by atoms with Crippen LogP contribution in [0.3, 0.4) is 0 Å². The van der Waals surface area contributed by atoms with Crippen molar-refractivity contribution >= 4 is 28.6 Å². The lowest BCUT2D eigenvalue weighted by molar-refractivity contribution is -0.192. The normalized spacial score (nSPS) is 15.8. The van der Waals surface area contributed by atoms with Crippen LogP contribution in [-0.4, -0.2) is 56.9 Å². The van der Waals surface area contributed by atoms with Crippen LogP contribution in [0.25, 0.3) is 11.0 Å². The number of hydrogen-bond donors (Lipinski definition) is 3. The first-order valence-corrected chi connectivity index (χ1v) is 12.1. The molecule has 1 aliphatic heterocycles. The van der Waals surface area contributed by atoms with Crippen LogP contribution in [0.4, 0.5) is 38.0 Å². The van der Waals surface area contributed by atoms with E-state index < -0.39 is 24.1 Å². The summed E-state index contributed by atoms with van der Waals surface area (Å²) in [6.45, 7) is 3.51. The summed E-state index contributed by atoms with van der Waals surface area (Å²) in [7, 11) is 0. The summed E-state index contributed by atoms with van der Waals surface area (Å²) >= 11 is 0. The highest BCUT2D eigenvalue weighted by Gasteiger charge is 2.38. The number of morpholine rings is 1. The minimum absolute atomic E-state index is 0.112. The number of benzene rings is 2. The quantitative estimate of drug-likeness (QED) is 0.264. The molecular weight excluding hydrogens is 558 g/mol. The molecule has 1 fully saturated rings. The number of ether oxygens (including phenoxy) is 1. The molecule has 1 saturated heterocycles. The molecule has 0 spiro atoms. The topological polar surface area (TPSA) is 116 Å². The molecule has 0 bridgehead atoms. The van der Waals surface area contributed by atoms with Gasteiger partial charge in [-0.15, -0.1) is 0 Å². The number of imidazole rings is 1. The number of alkyl halides is 6. The van der Waals surface area contributed by atoms with E-state index in [1.807, 2.05) is 54.3 Å². The SMILES string of the molecule is Cc1cccc(C2CN(c3cc(NCc4ccc5nc[nH]c5c4)nc(C(F)(F)F)n3)CCO2)c1.O=C(O)C(F)(F)F. The first-order valence-electron chi connectivity index (χ1n) is 12.1. The molecule has 5 rings (SSSR count). The highest BCUT2D eigenvalue weighted by molar-refractivity contribution is 5.75. The van der Waals surface area contributed by atoms with Gasteiger partial charge in [-0.2, -0.15) is 26.3 Å². The van der Waals surface area contributed by atoms with Gasteiger partial charge in [-0.05, 0) is 30.2 Å². The lowest BCUT2D eigenvalue weighted by atomic mass is 10.1. The largest absolute Gasteiger partial charge is 0.490 e. The molecule has 2 aromatic carbocycles. The maximum atomic E-state index is 13.6. The Kier molecular flexibility index (Phi) is 8.66. The number of carboxylic acids is 1. The number of carbonyl (C=O) groups is 1. The molecule has 9 nitrogen and oxygen atoms in total. The van der Waals surface area contributed by atoms with E-state index in [2.05, 4.69) is 25.3 Å². The highest BCUT2D eigenvalue weighted by Crippen LogP contribution is 2.31. The zero-order chi connectivity index (χ0) is 29.8. The van der Waals surface area contributed by atoms with Crippen LogP contribution in [0.5, 0.6) is 0 Å². The number of aromatic nitrogens is 4. The monoisotopic (exact) mass is 582 g/mol. The average Bonchev–Trinajstić information content (AvgIpc) is 3.39. The molecular formula is C26H24F6N6O3. The van der Waals surface area contributed by atoms with Crippen molar-refractivity contribution in [1.29, 1.82) is 0 Å². The van der Waals surface area contributed by atoms with Crippen LogP contribution in [0, 0.1) is 6.92 Å². The maximum absolute atomic E-state index is 13.6. The fourth-order valence-electron chi connectivity index (χ4n) is 4.03. The molecule has 0 aliphatic carbocycles. The van der Waals surface area contributed by atoms with Gasteiger partial charge in [0.05, 0.1) is 24.0 Å². The fourth-order valence-corrected chi connectivity index (χ4v) is 4.03. The van der Waals surface area contributed by atoms with Crippen LogP contribution in [-0.2, 0) is 22.3 Å². The first kappa shape index (κ1) is 29.6. The zero-order valence-electron chi connectivity index (χ0n) is 21.4. The van der Waals surface area contributed by atoms with Crippen LogP contribution >= 0.6 is 0 Å². The Labute approximate surface area is 229 Å². The van der Waals surface area contributed by atoms with Crippen LogP contribution in [0.15, 0.2) is 54.9 Å². The first-order chi connectivity index (χ1) is 19.3. The van der Waals surface area contributed by atoms with Gasteiger partial charge >= 0.3 is 18.3 Å². The minimum Gasteiger partial charge on any atom is -0.475 e. The van der Waals surface area contributed by atoms with Crippen molar-refractivity contribution in [3.05, 3.63) is 77.4 Å². The van der Waals surface area contributed by atoms with Crippen molar-refractivity contribution in [2.45, 2.75) is 31.9 Å². The third-order valence-electron chi connectivity index (χ3n) is 5.97. The third kappa shape index (κ3) is 7.84. The van der Waals surface area contributed by atoms with Gasteiger partial charge in [0.25, 0.3) is 0 Å². The van der Waals surface area contributed by atoms with E-state index in [0.29, 0.717) is 26.2 Å². The lowest BCUT2D eigenvalue weighted by Gasteiger charge is -2.34. The fraction of sp³-hybridized carbons (Fsp3) is 0.308. The number of aromatic amines is 1. The summed E-state index contributed by atoms with van der Waals surface area (Å²) in [6.07, 6.45) is -8.40. The van der Waals surface area contributed by atoms with Gasteiger partial charge in [0.2, 0.25) is 5.82 Å². The van der Waals surface area contributed by atoms with Gasteiger partial charge < -0.3 is 25.0 Å². The molecule has 0 radical (unpaired) electrons. The van der Waals surface area contributed by atoms with E-state index in [0.717, 1.165) is 27.7 Å². The van der Waals surface area contributed by atoms with E-state index in [4.69, 9.17) is 14.6 Å². The van der Waals surface area contributed by atoms with Crippen molar-refractivity contribution in [1.82, 2.24) is 19.9 Å². The molecule has 0 amide bonds.